The summed E-state index contributed by atoms with van der Waals surface area (Å²) in [4.78, 5) is 4.89. The van der Waals surface area contributed by atoms with Crippen molar-refractivity contribution in [3.63, 3.8) is 0 Å². The summed E-state index contributed by atoms with van der Waals surface area (Å²) in [5, 5.41) is 11.3. The van der Waals surface area contributed by atoms with E-state index < -0.39 is 0 Å². The van der Waals surface area contributed by atoms with Crippen molar-refractivity contribution in [2.45, 2.75) is 53.4 Å². The molecule has 6 aromatic carbocycles. The van der Waals surface area contributed by atoms with Crippen molar-refractivity contribution in [2.24, 2.45) is 0 Å². The van der Waals surface area contributed by atoms with Gasteiger partial charge in [-0.25, -0.2) is 4.98 Å². The second-order valence-electron chi connectivity index (χ2n) is 15.3. The summed E-state index contributed by atoms with van der Waals surface area (Å²) in [5.74, 6) is 3.18. The van der Waals surface area contributed by atoms with Gasteiger partial charge in [0.2, 0.25) is 0 Å². The van der Waals surface area contributed by atoms with E-state index in [0.717, 1.165) is 44.4 Å². The number of rotatable bonds is 9. The SMILES string of the molecule is Cc1cccc(C)c1-c1ccnc(-n2c3[c-]c(Oc4[c-]c(-c5nncn5-c5c(C(C)C)cc(-c6ccccc6)cc5C(C)C)ccc4)ccc3c3ccccc32)c1.[Pt+2]. The van der Waals surface area contributed by atoms with Gasteiger partial charge >= 0.3 is 21.1 Å². The van der Waals surface area contributed by atoms with E-state index in [-0.39, 0.29) is 32.9 Å². The van der Waals surface area contributed by atoms with Crippen molar-refractivity contribution in [1.29, 1.82) is 0 Å². The van der Waals surface area contributed by atoms with Crippen LogP contribution in [0.4, 0.5) is 0 Å². The maximum atomic E-state index is 6.57. The van der Waals surface area contributed by atoms with Crippen molar-refractivity contribution in [3.05, 3.63) is 174 Å². The van der Waals surface area contributed by atoms with Crippen LogP contribution in [0.15, 0.2) is 140 Å². The van der Waals surface area contributed by atoms with Crippen LogP contribution in [-0.4, -0.2) is 24.3 Å². The van der Waals surface area contributed by atoms with Gasteiger partial charge in [0.25, 0.3) is 0 Å². The quantitative estimate of drug-likeness (QED) is 0.135. The van der Waals surface area contributed by atoms with Gasteiger partial charge in [0.05, 0.1) is 5.82 Å². The van der Waals surface area contributed by atoms with Crippen LogP contribution in [-0.2, 0) is 21.1 Å². The van der Waals surface area contributed by atoms with Crippen molar-refractivity contribution in [2.75, 3.05) is 0 Å². The minimum absolute atomic E-state index is 0. The Labute approximate surface area is 354 Å². The predicted molar refractivity (Wildman–Crippen MR) is 232 cm³/mol. The molecule has 0 unspecified atom stereocenters. The fourth-order valence-corrected chi connectivity index (χ4v) is 8.11. The number of para-hydroxylation sites is 1. The zero-order valence-corrected chi connectivity index (χ0v) is 35.7. The molecule has 0 saturated heterocycles. The summed E-state index contributed by atoms with van der Waals surface area (Å²) in [6.45, 7) is 13.3. The van der Waals surface area contributed by atoms with Gasteiger partial charge in [-0.15, -0.1) is 46.4 Å². The molecule has 7 heteroatoms. The summed E-state index contributed by atoms with van der Waals surface area (Å²) in [5.41, 5.74) is 13.5. The zero-order valence-electron chi connectivity index (χ0n) is 33.4. The molecule has 0 bridgehead atoms. The van der Waals surface area contributed by atoms with Gasteiger partial charge in [0.1, 0.15) is 12.1 Å². The number of aromatic nitrogens is 5. The van der Waals surface area contributed by atoms with Crippen LogP contribution in [0.25, 0.3) is 67.0 Å². The maximum absolute atomic E-state index is 6.57. The molecular formula is C51H43N5OPt. The van der Waals surface area contributed by atoms with Gasteiger partial charge in [-0.3, -0.25) is 0 Å². The molecule has 0 fully saturated rings. The van der Waals surface area contributed by atoms with Gasteiger partial charge in [-0.05, 0) is 106 Å². The second kappa shape index (κ2) is 16.0. The maximum Gasteiger partial charge on any atom is 2.00 e. The smallest absolute Gasteiger partial charge is 0.503 e. The summed E-state index contributed by atoms with van der Waals surface area (Å²) < 4.78 is 10.9. The van der Waals surface area contributed by atoms with Crippen molar-refractivity contribution in [1.82, 2.24) is 24.3 Å². The molecule has 288 valence electrons. The first-order valence-corrected chi connectivity index (χ1v) is 19.6. The van der Waals surface area contributed by atoms with Gasteiger partial charge in [0, 0.05) is 28.9 Å². The normalized spacial score (nSPS) is 11.4. The predicted octanol–water partition coefficient (Wildman–Crippen LogP) is 13.0. The van der Waals surface area contributed by atoms with Crippen molar-refractivity contribution < 1.29 is 25.8 Å². The van der Waals surface area contributed by atoms with Crippen molar-refractivity contribution >= 4 is 21.8 Å². The molecule has 3 heterocycles. The summed E-state index contributed by atoms with van der Waals surface area (Å²) in [6.07, 6.45) is 3.71. The van der Waals surface area contributed by atoms with E-state index in [9.17, 15) is 0 Å². The summed E-state index contributed by atoms with van der Waals surface area (Å²) in [7, 11) is 0. The number of hydrogen-bond acceptors (Lipinski definition) is 4. The van der Waals surface area contributed by atoms with E-state index in [1.165, 1.54) is 38.9 Å². The fourth-order valence-electron chi connectivity index (χ4n) is 8.11. The van der Waals surface area contributed by atoms with E-state index in [1.54, 1.807) is 0 Å². The van der Waals surface area contributed by atoms with Crippen LogP contribution < -0.4 is 4.74 Å². The molecule has 0 N–H and O–H groups in total. The molecule has 0 aliphatic carbocycles. The van der Waals surface area contributed by atoms with Crippen LogP contribution in [0.3, 0.4) is 0 Å². The van der Waals surface area contributed by atoms with Gasteiger partial charge in [-0.2, -0.15) is 11.2 Å². The molecule has 0 atom stereocenters. The number of fused-ring (bicyclic) bond motifs is 3. The average Bonchev–Trinajstić information content (AvgIpc) is 3.84. The third kappa shape index (κ3) is 7.07. The zero-order chi connectivity index (χ0) is 39.2. The van der Waals surface area contributed by atoms with Crippen LogP contribution in [0.5, 0.6) is 11.5 Å². The monoisotopic (exact) mass is 936 g/mol. The fraction of sp³-hybridized carbons (Fsp3) is 0.157. The summed E-state index contributed by atoms with van der Waals surface area (Å²) >= 11 is 0. The molecule has 0 aliphatic rings. The average molecular weight is 937 g/mol. The van der Waals surface area contributed by atoms with Crippen LogP contribution in [0.1, 0.15) is 61.8 Å². The molecule has 58 heavy (non-hydrogen) atoms. The molecule has 0 spiro atoms. The van der Waals surface area contributed by atoms with E-state index >= 15 is 0 Å². The number of aryl methyl sites for hydroxylation is 2. The second-order valence-corrected chi connectivity index (χ2v) is 15.3. The molecular weight excluding hydrogens is 894 g/mol. The number of nitrogens with zero attached hydrogens (tertiary/aromatic N) is 5. The van der Waals surface area contributed by atoms with Crippen LogP contribution >= 0.6 is 0 Å². The third-order valence-corrected chi connectivity index (χ3v) is 10.8. The summed E-state index contributed by atoms with van der Waals surface area (Å²) in [6, 6.07) is 51.4. The number of hydrogen-bond donors (Lipinski definition) is 0. The Balaban J connectivity index is 0.00000469. The molecule has 0 saturated carbocycles. The Morgan fingerprint density at radius 3 is 2.05 bits per heavy atom. The first-order chi connectivity index (χ1) is 27.7. The number of benzene rings is 6. The molecule has 3 aromatic heterocycles. The van der Waals surface area contributed by atoms with E-state index in [1.807, 2.05) is 36.8 Å². The minimum Gasteiger partial charge on any atom is -0.503 e. The van der Waals surface area contributed by atoms with Crippen LogP contribution in [0.2, 0.25) is 0 Å². The Kier molecular flexibility index (Phi) is 10.7. The Hall–Kier alpha value is -6.10. The van der Waals surface area contributed by atoms with Crippen molar-refractivity contribution in [3.8, 4) is 56.6 Å². The largest absolute Gasteiger partial charge is 2.00 e. The van der Waals surface area contributed by atoms with Gasteiger partial charge in [-0.1, -0.05) is 106 Å². The minimum atomic E-state index is 0. The first kappa shape index (κ1) is 38.8. The van der Waals surface area contributed by atoms with Gasteiger partial charge in [0.15, 0.2) is 0 Å². The molecule has 6 nitrogen and oxygen atoms in total. The topological polar surface area (TPSA) is 57.8 Å². The van der Waals surface area contributed by atoms with E-state index in [2.05, 4.69) is 176 Å². The molecule has 9 aromatic rings. The van der Waals surface area contributed by atoms with Gasteiger partial charge < -0.3 is 13.9 Å². The third-order valence-electron chi connectivity index (χ3n) is 10.8. The Morgan fingerprint density at radius 1 is 0.621 bits per heavy atom. The first-order valence-electron chi connectivity index (χ1n) is 19.6. The number of ether oxygens (including phenoxy) is 1. The molecule has 9 rings (SSSR count). The Bertz CT molecular complexity index is 2880. The van der Waals surface area contributed by atoms with E-state index in [4.69, 9.17) is 9.72 Å². The standard InChI is InChI=1S/C51H43N5O.Pt/c1-32(2)44-27-39(36-16-8-7-9-17-36)28-45(33(3)4)50(44)55-31-53-54-51(55)38-18-13-19-40(26-38)57-41-22-23-43-42-20-10-11-21-46(42)56(47(43)30-41)48-29-37(24-25-52-48)49-34(5)14-12-15-35(49)6;/h7-25,27-29,31-33H,1-6H3;/q-2;+2. The van der Waals surface area contributed by atoms with E-state index in [0.29, 0.717) is 17.3 Å². The van der Waals surface area contributed by atoms with Crippen LogP contribution in [0, 0.1) is 26.0 Å². The molecule has 0 radical (unpaired) electrons. The Morgan fingerprint density at radius 2 is 1.31 bits per heavy atom. The number of pyridine rings is 1. The molecule has 0 aliphatic heterocycles. The molecule has 0 amide bonds.